The van der Waals surface area contributed by atoms with Crippen LogP contribution in [0.4, 0.5) is 0 Å². The van der Waals surface area contributed by atoms with Crippen molar-refractivity contribution in [3.8, 4) is 11.8 Å². The summed E-state index contributed by atoms with van der Waals surface area (Å²) in [5.41, 5.74) is 1.02. The van der Waals surface area contributed by atoms with Crippen LogP contribution in [0.15, 0.2) is 17.5 Å². The van der Waals surface area contributed by atoms with E-state index in [1.165, 1.54) is 11.3 Å². The molecule has 0 saturated heterocycles. The van der Waals surface area contributed by atoms with Crippen molar-refractivity contribution >= 4 is 44.0 Å². The van der Waals surface area contributed by atoms with Gasteiger partial charge in [-0.25, -0.2) is 0 Å². The van der Waals surface area contributed by atoms with Gasteiger partial charge in [0.2, 0.25) is 0 Å². The Morgan fingerprint density at radius 2 is 2.29 bits per heavy atom. The predicted octanol–water partition coefficient (Wildman–Crippen LogP) is 3.28. The molecule has 0 atom stereocenters. The van der Waals surface area contributed by atoms with Crippen LogP contribution in [0.2, 0.25) is 0 Å². The Bertz CT molecular complexity index is 527. The fourth-order valence-corrected chi connectivity index (χ4v) is 3.17. The SMILES string of the molecule is N#CCc1c(I)ccc2c(O)csc12. The van der Waals surface area contributed by atoms with Gasteiger partial charge in [0.25, 0.3) is 0 Å². The molecule has 70 valence electrons. The van der Waals surface area contributed by atoms with Gasteiger partial charge < -0.3 is 5.11 Å². The summed E-state index contributed by atoms with van der Waals surface area (Å²) in [6, 6.07) is 5.97. The molecule has 2 nitrogen and oxygen atoms in total. The van der Waals surface area contributed by atoms with Gasteiger partial charge in [-0.3, -0.25) is 0 Å². The molecule has 1 N–H and O–H groups in total. The van der Waals surface area contributed by atoms with Gasteiger partial charge >= 0.3 is 0 Å². The van der Waals surface area contributed by atoms with Crippen molar-refractivity contribution in [3.63, 3.8) is 0 Å². The summed E-state index contributed by atoms with van der Waals surface area (Å²) in [4.78, 5) is 0. The molecule has 4 heteroatoms. The highest BCUT2D eigenvalue weighted by molar-refractivity contribution is 14.1. The monoisotopic (exact) mass is 315 g/mol. The summed E-state index contributed by atoms with van der Waals surface area (Å²) in [7, 11) is 0. The van der Waals surface area contributed by atoms with Crippen LogP contribution in [-0.4, -0.2) is 5.11 Å². The molecule has 0 aliphatic heterocycles. The first kappa shape index (κ1) is 9.74. The van der Waals surface area contributed by atoms with Gasteiger partial charge in [-0.05, 0) is 40.3 Å². The van der Waals surface area contributed by atoms with Crippen LogP contribution in [0.1, 0.15) is 5.56 Å². The Balaban J connectivity index is 2.78. The van der Waals surface area contributed by atoms with Gasteiger partial charge in [0.1, 0.15) is 5.75 Å². The first-order valence-electron chi connectivity index (χ1n) is 3.98. The molecule has 1 aromatic heterocycles. The normalized spacial score (nSPS) is 10.3. The number of nitrogens with zero attached hydrogens (tertiary/aromatic N) is 1. The van der Waals surface area contributed by atoms with Crippen LogP contribution in [0.3, 0.4) is 0 Å². The molecule has 0 fully saturated rings. The van der Waals surface area contributed by atoms with E-state index < -0.39 is 0 Å². The Hall–Kier alpha value is -0.800. The molecule has 0 radical (unpaired) electrons. The lowest BCUT2D eigenvalue weighted by atomic mass is 10.1. The fraction of sp³-hybridized carbons (Fsp3) is 0.100. The summed E-state index contributed by atoms with van der Waals surface area (Å²) in [5, 5.41) is 20.8. The smallest absolute Gasteiger partial charge is 0.134 e. The number of thiophene rings is 1. The quantitative estimate of drug-likeness (QED) is 0.821. The van der Waals surface area contributed by atoms with E-state index in [0.29, 0.717) is 12.2 Å². The zero-order valence-electron chi connectivity index (χ0n) is 7.12. The fourth-order valence-electron chi connectivity index (χ4n) is 1.36. The molecular weight excluding hydrogens is 309 g/mol. The lowest BCUT2D eigenvalue weighted by Gasteiger charge is -2.01. The summed E-state index contributed by atoms with van der Waals surface area (Å²) in [5.74, 6) is 0.306. The number of hydrogen-bond donors (Lipinski definition) is 1. The van der Waals surface area contributed by atoms with Crippen molar-refractivity contribution in [1.82, 2.24) is 0 Å². The predicted molar refractivity (Wildman–Crippen MR) is 65.5 cm³/mol. The van der Waals surface area contributed by atoms with Crippen molar-refractivity contribution in [3.05, 3.63) is 26.6 Å². The van der Waals surface area contributed by atoms with E-state index >= 15 is 0 Å². The second-order valence-corrected chi connectivity index (χ2v) is 4.90. The summed E-state index contributed by atoms with van der Waals surface area (Å²) in [6.07, 6.45) is 0.398. The maximum atomic E-state index is 9.52. The maximum absolute atomic E-state index is 9.52. The van der Waals surface area contributed by atoms with Gasteiger partial charge in [-0.1, -0.05) is 0 Å². The van der Waals surface area contributed by atoms with Crippen molar-refractivity contribution < 1.29 is 5.11 Å². The zero-order chi connectivity index (χ0) is 10.1. The Kier molecular flexibility index (Phi) is 2.61. The van der Waals surface area contributed by atoms with E-state index in [0.717, 1.165) is 19.2 Å². The molecule has 1 heterocycles. The minimum Gasteiger partial charge on any atom is -0.506 e. The third-order valence-corrected chi connectivity index (χ3v) is 4.08. The van der Waals surface area contributed by atoms with Crippen molar-refractivity contribution in [2.45, 2.75) is 6.42 Å². The van der Waals surface area contributed by atoms with Crippen molar-refractivity contribution in [2.24, 2.45) is 0 Å². The van der Waals surface area contributed by atoms with E-state index in [-0.39, 0.29) is 0 Å². The standard InChI is InChI=1S/C10H6INOS/c11-8-2-1-7-9(13)5-14-10(7)6(8)3-4-12/h1-2,5,13H,3H2. The average molecular weight is 315 g/mol. The number of halogens is 1. The second-order valence-electron chi connectivity index (χ2n) is 2.86. The van der Waals surface area contributed by atoms with Gasteiger partial charge in [0, 0.05) is 19.0 Å². The topological polar surface area (TPSA) is 44.0 Å². The van der Waals surface area contributed by atoms with Gasteiger partial charge in [-0.2, -0.15) is 5.26 Å². The van der Waals surface area contributed by atoms with Crippen LogP contribution >= 0.6 is 33.9 Å². The molecule has 0 unspecified atom stereocenters. The third kappa shape index (κ3) is 1.47. The van der Waals surface area contributed by atoms with E-state index in [1.807, 2.05) is 12.1 Å². The number of aromatic hydroxyl groups is 1. The number of benzene rings is 1. The molecule has 0 amide bonds. The molecule has 0 spiro atoms. The maximum Gasteiger partial charge on any atom is 0.134 e. The van der Waals surface area contributed by atoms with Gasteiger partial charge in [0.15, 0.2) is 0 Å². The molecule has 0 saturated carbocycles. The molecule has 14 heavy (non-hydrogen) atoms. The molecular formula is C10H6INOS. The summed E-state index contributed by atoms with van der Waals surface area (Å²) < 4.78 is 2.11. The number of rotatable bonds is 1. The molecule has 1 aromatic carbocycles. The number of nitriles is 1. The Morgan fingerprint density at radius 3 is 3.00 bits per heavy atom. The highest BCUT2D eigenvalue weighted by Crippen LogP contribution is 2.35. The largest absolute Gasteiger partial charge is 0.506 e. The van der Waals surface area contributed by atoms with Gasteiger partial charge in [-0.15, -0.1) is 11.3 Å². The minimum atomic E-state index is 0.306. The minimum absolute atomic E-state index is 0.306. The molecule has 0 aliphatic rings. The van der Waals surface area contributed by atoms with Crippen LogP contribution < -0.4 is 0 Å². The van der Waals surface area contributed by atoms with Crippen molar-refractivity contribution in [2.75, 3.05) is 0 Å². The Morgan fingerprint density at radius 1 is 1.50 bits per heavy atom. The van der Waals surface area contributed by atoms with E-state index in [4.69, 9.17) is 5.26 Å². The average Bonchev–Trinajstić information content (AvgIpc) is 2.53. The van der Waals surface area contributed by atoms with Crippen LogP contribution in [0.5, 0.6) is 5.75 Å². The zero-order valence-corrected chi connectivity index (χ0v) is 10.1. The summed E-state index contributed by atoms with van der Waals surface area (Å²) in [6.45, 7) is 0. The van der Waals surface area contributed by atoms with Gasteiger partial charge in [0.05, 0.1) is 12.5 Å². The molecule has 0 bridgehead atoms. The van der Waals surface area contributed by atoms with E-state index in [9.17, 15) is 5.11 Å². The van der Waals surface area contributed by atoms with Crippen LogP contribution in [0, 0.1) is 14.9 Å². The highest BCUT2D eigenvalue weighted by Gasteiger charge is 2.09. The molecule has 2 rings (SSSR count). The van der Waals surface area contributed by atoms with Crippen molar-refractivity contribution in [1.29, 1.82) is 5.26 Å². The number of hydrogen-bond acceptors (Lipinski definition) is 3. The van der Waals surface area contributed by atoms with E-state index in [2.05, 4.69) is 28.7 Å². The third-order valence-electron chi connectivity index (χ3n) is 2.02. The first-order valence-corrected chi connectivity index (χ1v) is 5.94. The number of fused-ring (bicyclic) bond motifs is 1. The highest BCUT2D eigenvalue weighted by atomic mass is 127. The Labute approximate surface area is 98.9 Å². The second kappa shape index (κ2) is 3.75. The molecule has 2 aromatic rings. The molecule has 0 aliphatic carbocycles. The first-order chi connectivity index (χ1) is 6.74. The van der Waals surface area contributed by atoms with Crippen LogP contribution in [-0.2, 0) is 6.42 Å². The lowest BCUT2D eigenvalue weighted by molar-refractivity contribution is 0.483. The summed E-state index contributed by atoms with van der Waals surface area (Å²) >= 11 is 3.70. The van der Waals surface area contributed by atoms with Crippen LogP contribution in [0.25, 0.3) is 10.1 Å². The van der Waals surface area contributed by atoms with E-state index in [1.54, 1.807) is 5.38 Å². The lowest BCUT2D eigenvalue weighted by Crippen LogP contribution is -1.86.